The van der Waals surface area contributed by atoms with Gasteiger partial charge in [0.1, 0.15) is 6.10 Å². The summed E-state index contributed by atoms with van der Waals surface area (Å²) in [7, 11) is 5.08. The summed E-state index contributed by atoms with van der Waals surface area (Å²) in [6, 6.07) is 0. The lowest BCUT2D eigenvalue weighted by atomic mass is 10.1. The van der Waals surface area contributed by atoms with Crippen molar-refractivity contribution in [3.8, 4) is 0 Å². The zero-order valence-electron chi connectivity index (χ0n) is 9.20. The molecule has 14 heavy (non-hydrogen) atoms. The van der Waals surface area contributed by atoms with Crippen molar-refractivity contribution in [1.82, 2.24) is 0 Å². The normalized spacial score (nSPS) is 13.5. The molecular formula is C10H18NO3+. The Labute approximate surface area is 84.4 Å². The highest BCUT2D eigenvalue weighted by Crippen LogP contribution is 2.05. The maximum atomic E-state index is 11.4. The van der Waals surface area contributed by atoms with Crippen LogP contribution in [0.1, 0.15) is 13.3 Å². The number of amides is 1. The Morgan fingerprint density at radius 3 is 2.07 bits per heavy atom. The SMILES string of the molecule is C=C(C)C(=O)C(O)CC(=O)[N+](C)(C)C. The molecule has 0 aromatic heterocycles. The lowest BCUT2D eigenvalue weighted by Crippen LogP contribution is -2.43. The van der Waals surface area contributed by atoms with Crippen LogP contribution >= 0.6 is 0 Å². The first-order chi connectivity index (χ1) is 6.16. The third-order valence-corrected chi connectivity index (χ3v) is 1.84. The molecule has 4 heteroatoms. The number of quaternary nitrogens is 1. The molecule has 1 N–H and O–H groups in total. The first kappa shape index (κ1) is 13.0. The van der Waals surface area contributed by atoms with Crippen molar-refractivity contribution in [3.05, 3.63) is 12.2 Å². The van der Waals surface area contributed by atoms with Crippen molar-refractivity contribution < 1.29 is 19.2 Å². The van der Waals surface area contributed by atoms with Crippen molar-refractivity contribution in [2.45, 2.75) is 19.4 Å². The minimum atomic E-state index is -1.25. The third kappa shape index (κ3) is 3.81. The molecule has 0 saturated carbocycles. The second-order valence-corrected chi connectivity index (χ2v) is 4.27. The maximum absolute atomic E-state index is 11.4. The van der Waals surface area contributed by atoms with Gasteiger partial charge in [-0.3, -0.25) is 9.28 Å². The van der Waals surface area contributed by atoms with Crippen molar-refractivity contribution in [1.29, 1.82) is 0 Å². The predicted molar refractivity (Wildman–Crippen MR) is 53.5 cm³/mol. The van der Waals surface area contributed by atoms with Crippen LogP contribution in [0.5, 0.6) is 0 Å². The number of hydrogen-bond acceptors (Lipinski definition) is 3. The smallest absolute Gasteiger partial charge is 0.316 e. The average molecular weight is 200 g/mol. The Morgan fingerprint density at radius 2 is 1.79 bits per heavy atom. The maximum Gasteiger partial charge on any atom is 0.316 e. The number of carbonyl (C=O) groups excluding carboxylic acids is 2. The molecule has 1 unspecified atom stereocenters. The Morgan fingerprint density at radius 1 is 1.36 bits per heavy atom. The average Bonchev–Trinajstić information content (AvgIpc) is 2.00. The quantitative estimate of drug-likeness (QED) is 0.518. The fourth-order valence-electron chi connectivity index (χ4n) is 0.816. The Balaban J connectivity index is 4.35. The zero-order valence-corrected chi connectivity index (χ0v) is 9.20. The van der Waals surface area contributed by atoms with E-state index in [0.29, 0.717) is 0 Å². The molecule has 1 amide bonds. The van der Waals surface area contributed by atoms with E-state index >= 15 is 0 Å². The first-order valence-corrected chi connectivity index (χ1v) is 4.39. The molecular weight excluding hydrogens is 182 g/mol. The van der Waals surface area contributed by atoms with E-state index in [1.54, 1.807) is 21.1 Å². The van der Waals surface area contributed by atoms with Gasteiger partial charge in [-0.05, 0) is 12.5 Å². The molecule has 0 saturated heterocycles. The number of carbonyl (C=O) groups is 2. The van der Waals surface area contributed by atoms with Crippen molar-refractivity contribution in [2.75, 3.05) is 21.1 Å². The first-order valence-electron chi connectivity index (χ1n) is 4.39. The molecule has 4 nitrogen and oxygen atoms in total. The summed E-state index contributed by atoms with van der Waals surface area (Å²) >= 11 is 0. The van der Waals surface area contributed by atoms with E-state index in [4.69, 9.17) is 0 Å². The van der Waals surface area contributed by atoms with E-state index in [0.717, 1.165) is 0 Å². The number of rotatable bonds is 4. The van der Waals surface area contributed by atoms with Gasteiger partial charge in [0.2, 0.25) is 0 Å². The van der Waals surface area contributed by atoms with Crippen LogP contribution in [-0.4, -0.2) is 48.5 Å². The van der Waals surface area contributed by atoms with E-state index in [9.17, 15) is 14.7 Å². The number of nitrogens with zero attached hydrogens (tertiary/aromatic N) is 1. The highest BCUT2D eigenvalue weighted by Gasteiger charge is 2.27. The van der Waals surface area contributed by atoms with Crippen LogP contribution in [0.15, 0.2) is 12.2 Å². The van der Waals surface area contributed by atoms with E-state index < -0.39 is 11.9 Å². The van der Waals surface area contributed by atoms with Gasteiger partial charge in [0.05, 0.1) is 27.6 Å². The van der Waals surface area contributed by atoms with Crippen LogP contribution in [-0.2, 0) is 9.59 Å². The lowest BCUT2D eigenvalue weighted by molar-refractivity contribution is -0.792. The van der Waals surface area contributed by atoms with Crippen LogP contribution < -0.4 is 0 Å². The van der Waals surface area contributed by atoms with E-state index in [2.05, 4.69) is 6.58 Å². The topological polar surface area (TPSA) is 54.4 Å². The number of aliphatic hydroxyl groups is 1. The largest absolute Gasteiger partial charge is 0.384 e. The molecule has 0 radical (unpaired) electrons. The van der Waals surface area contributed by atoms with Gasteiger partial charge in [-0.15, -0.1) is 0 Å². The Kier molecular flexibility index (Phi) is 4.16. The van der Waals surface area contributed by atoms with Crippen LogP contribution in [0.3, 0.4) is 0 Å². The number of aliphatic hydroxyl groups excluding tert-OH is 1. The standard InChI is InChI=1S/C10H18NO3/c1-7(2)10(14)8(12)6-9(13)11(3,4)5/h8,12H,1,6H2,2-5H3/q+1. The zero-order chi connectivity index (χ0) is 11.5. The second-order valence-electron chi connectivity index (χ2n) is 4.27. The van der Waals surface area contributed by atoms with Crippen LogP contribution in [0.4, 0.5) is 0 Å². The van der Waals surface area contributed by atoms with Gasteiger partial charge in [0, 0.05) is 0 Å². The highest BCUT2D eigenvalue weighted by atomic mass is 16.3. The molecule has 0 fully saturated rings. The summed E-state index contributed by atoms with van der Waals surface area (Å²) < 4.78 is 0.0977. The molecule has 0 aromatic carbocycles. The number of hydrogen-bond donors (Lipinski definition) is 1. The van der Waals surface area contributed by atoms with Gasteiger partial charge in [-0.1, -0.05) is 6.58 Å². The van der Waals surface area contributed by atoms with Gasteiger partial charge in [0.15, 0.2) is 5.78 Å². The fraction of sp³-hybridized carbons (Fsp3) is 0.600. The van der Waals surface area contributed by atoms with Crippen molar-refractivity contribution in [2.24, 2.45) is 0 Å². The molecule has 0 bridgehead atoms. The highest BCUT2D eigenvalue weighted by molar-refractivity contribution is 5.99. The van der Waals surface area contributed by atoms with Gasteiger partial charge in [0.25, 0.3) is 0 Å². The predicted octanol–water partition coefficient (Wildman–Crippen LogP) is 0.115. The van der Waals surface area contributed by atoms with Crippen molar-refractivity contribution >= 4 is 11.7 Å². The van der Waals surface area contributed by atoms with Gasteiger partial charge in [-0.25, -0.2) is 4.79 Å². The summed E-state index contributed by atoms with van der Waals surface area (Å²) in [6.07, 6.45) is -1.41. The fourth-order valence-corrected chi connectivity index (χ4v) is 0.816. The van der Waals surface area contributed by atoms with Gasteiger partial charge >= 0.3 is 5.91 Å². The van der Waals surface area contributed by atoms with Crippen molar-refractivity contribution in [3.63, 3.8) is 0 Å². The molecule has 0 aliphatic carbocycles. The molecule has 80 valence electrons. The van der Waals surface area contributed by atoms with E-state index in [-0.39, 0.29) is 22.4 Å². The molecule has 0 heterocycles. The molecule has 0 aromatic rings. The van der Waals surface area contributed by atoms with E-state index in [1.165, 1.54) is 6.92 Å². The molecule has 0 aliphatic heterocycles. The summed E-state index contributed by atoms with van der Waals surface area (Å²) in [5.74, 6) is -0.654. The second kappa shape index (κ2) is 4.48. The minimum absolute atomic E-state index is 0.0977. The summed E-state index contributed by atoms with van der Waals surface area (Å²) in [5, 5.41) is 9.38. The molecule has 0 aliphatic rings. The summed E-state index contributed by atoms with van der Waals surface area (Å²) in [4.78, 5) is 22.6. The van der Waals surface area contributed by atoms with Crippen LogP contribution in [0, 0.1) is 0 Å². The van der Waals surface area contributed by atoms with Crippen LogP contribution in [0.25, 0.3) is 0 Å². The Hall–Kier alpha value is -1.00. The summed E-state index contributed by atoms with van der Waals surface area (Å²) in [5.41, 5.74) is 0.270. The van der Waals surface area contributed by atoms with Gasteiger partial charge in [-0.2, -0.15) is 0 Å². The summed E-state index contributed by atoms with van der Waals surface area (Å²) in [6.45, 7) is 4.94. The van der Waals surface area contributed by atoms with E-state index in [1.807, 2.05) is 0 Å². The Bertz CT molecular complexity index is 263. The number of ketones is 1. The minimum Gasteiger partial charge on any atom is -0.384 e. The monoisotopic (exact) mass is 200 g/mol. The lowest BCUT2D eigenvalue weighted by Gasteiger charge is -2.21. The number of Topliss-reactive ketones (excluding diaryl/α,β-unsaturated/α-hetero) is 1. The molecule has 1 atom stereocenters. The molecule has 0 spiro atoms. The molecule has 0 rings (SSSR count). The third-order valence-electron chi connectivity index (χ3n) is 1.84. The van der Waals surface area contributed by atoms with Gasteiger partial charge < -0.3 is 5.11 Å². The van der Waals surface area contributed by atoms with Crippen LogP contribution in [0.2, 0.25) is 0 Å².